The first-order valence-electron chi connectivity index (χ1n) is 5.97. The van der Waals surface area contributed by atoms with Gasteiger partial charge in [-0.05, 0) is 37.3 Å². The van der Waals surface area contributed by atoms with Gasteiger partial charge in [0.1, 0.15) is 11.9 Å². The monoisotopic (exact) mass is 231 g/mol. The molecule has 0 aliphatic carbocycles. The van der Waals surface area contributed by atoms with Gasteiger partial charge in [0, 0.05) is 25.9 Å². The molecule has 0 spiro atoms. The third-order valence-corrected chi connectivity index (χ3v) is 3.42. The summed E-state index contributed by atoms with van der Waals surface area (Å²) >= 11 is 0. The lowest BCUT2D eigenvalue weighted by Crippen LogP contribution is -2.35. The minimum atomic E-state index is 0.264. The summed E-state index contributed by atoms with van der Waals surface area (Å²) in [6, 6.07) is 4.10. The molecule has 0 atom stereocenters. The molecule has 1 aromatic rings. The Morgan fingerprint density at radius 2 is 2.24 bits per heavy atom. The molecule has 1 aromatic heterocycles. The molecule has 4 heteroatoms. The molecule has 0 amide bonds. The van der Waals surface area contributed by atoms with E-state index >= 15 is 0 Å². The molecule has 1 aliphatic heterocycles. The van der Waals surface area contributed by atoms with Crippen LogP contribution in [0.5, 0.6) is 0 Å². The SMILES string of the molecule is Cc1ccnc(N2CCC(CO)CC2)c1C#N. The quantitative estimate of drug-likeness (QED) is 0.837. The maximum absolute atomic E-state index is 9.17. The summed E-state index contributed by atoms with van der Waals surface area (Å²) in [4.78, 5) is 6.48. The largest absolute Gasteiger partial charge is 0.396 e. The molecule has 90 valence electrons. The van der Waals surface area contributed by atoms with Crippen LogP contribution in [0.25, 0.3) is 0 Å². The summed E-state index contributed by atoms with van der Waals surface area (Å²) in [5.41, 5.74) is 1.65. The van der Waals surface area contributed by atoms with Gasteiger partial charge in [-0.25, -0.2) is 4.98 Å². The molecule has 0 unspecified atom stereocenters. The molecule has 0 aromatic carbocycles. The second-order valence-corrected chi connectivity index (χ2v) is 4.55. The molecule has 1 N–H and O–H groups in total. The summed E-state index contributed by atoms with van der Waals surface area (Å²) < 4.78 is 0. The summed E-state index contributed by atoms with van der Waals surface area (Å²) in [5, 5.41) is 18.3. The van der Waals surface area contributed by atoms with Crippen LogP contribution in [0.3, 0.4) is 0 Å². The first-order chi connectivity index (χ1) is 8.26. The van der Waals surface area contributed by atoms with Gasteiger partial charge in [-0.2, -0.15) is 5.26 Å². The van der Waals surface area contributed by atoms with Crippen molar-refractivity contribution in [2.75, 3.05) is 24.6 Å². The fourth-order valence-electron chi connectivity index (χ4n) is 2.25. The van der Waals surface area contributed by atoms with E-state index in [0.717, 1.165) is 37.3 Å². The Morgan fingerprint density at radius 3 is 2.82 bits per heavy atom. The van der Waals surface area contributed by atoms with Gasteiger partial charge >= 0.3 is 0 Å². The number of aryl methyl sites for hydroxylation is 1. The topological polar surface area (TPSA) is 60.1 Å². The molecular formula is C13H17N3O. The second-order valence-electron chi connectivity index (χ2n) is 4.55. The molecule has 17 heavy (non-hydrogen) atoms. The number of aromatic nitrogens is 1. The number of hydrogen-bond acceptors (Lipinski definition) is 4. The summed E-state index contributed by atoms with van der Waals surface area (Å²) in [6.45, 7) is 3.94. The van der Waals surface area contributed by atoms with E-state index < -0.39 is 0 Å². The van der Waals surface area contributed by atoms with Gasteiger partial charge in [0.2, 0.25) is 0 Å². The van der Waals surface area contributed by atoms with Gasteiger partial charge in [-0.1, -0.05) is 0 Å². The lowest BCUT2D eigenvalue weighted by molar-refractivity contribution is 0.203. The predicted octanol–water partition coefficient (Wildman–Crippen LogP) is 1.47. The van der Waals surface area contributed by atoms with Gasteiger partial charge in [0.05, 0.1) is 5.56 Å². The third kappa shape index (κ3) is 2.40. The first kappa shape index (κ1) is 11.9. The van der Waals surface area contributed by atoms with E-state index in [4.69, 9.17) is 5.11 Å². The number of nitriles is 1. The van der Waals surface area contributed by atoms with Crippen molar-refractivity contribution in [3.63, 3.8) is 0 Å². The predicted molar refractivity (Wildman–Crippen MR) is 65.7 cm³/mol. The highest BCUT2D eigenvalue weighted by atomic mass is 16.3. The normalized spacial score (nSPS) is 16.9. The zero-order valence-electron chi connectivity index (χ0n) is 10.1. The highest BCUT2D eigenvalue weighted by Crippen LogP contribution is 2.25. The average Bonchev–Trinajstić information content (AvgIpc) is 2.38. The fourth-order valence-corrected chi connectivity index (χ4v) is 2.25. The number of anilines is 1. The molecule has 2 heterocycles. The minimum absolute atomic E-state index is 0.264. The van der Waals surface area contributed by atoms with Crippen LogP contribution in [0.4, 0.5) is 5.82 Å². The summed E-state index contributed by atoms with van der Waals surface area (Å²) in [7, 11) is 0. The Morgan fingerprint density at radius 1 is 1.53 bits per heavy atom. The smallest absolute Gasteiger partial charge is 0.146 e. The number of aliphatic hydroxyl groups is 1. The van der Waals surface area contributed by atoms with Crippen molar-refractivity contribution >= 4 is 5.82 Å². The van der Waals surface area contributed by atoms with E-state index in [1.165, 1.54) is 0 Å². The molecular weight excluding hydrogens is 214 g/mol. The van der Waals surface area contributed by atoms with Crippen LogP contribution in [0.15, 0.2) is 12.3 Å². The Labute approximate surface area is 102 Å². The van der Waals surface area contributed by atoms with E-state index in [2.05, 4.69) is 16.0 Å². The van der Waals surface area contributed by atoms with Crippen molar-refractivity contribution in [2.24, 2.45) is 5.92 Å². The number of pyridine rings is 1. The Hall–Kier alpha value is -1.60. The van der Waals surface area contributed by atoms with Crippen molar-refractivity contribution in [2.45, 2.75) is 19.8 Å². The van der Waals surface area contributed by atoms with Gasteiger partial charge in [0.25, 0.3) is 0 Å². The number of aliphatic hydroxyl groups excluding tert-OH is 1. The Bertz CT molecular complexity index is 431. The van der Waals surface area contributed by atoms with Crippen molar-refractivity contribution in [1.29, 1.82) is 5.26 Å². The lowest BCUT2D eigenvalue weighted by Gasteiger charge is -2.32. The summed E-state index contributed by atoms with van der Waals surface area (Å²) in [6.07, 6.45) is 3.69. The standard InChI is InChI=1S/C13H17N3O/c1-10-2-5-15-13(12(10)8-14)16-6-3-11(9-17)4-7-16/h2,5,11,17H,3-4,6-7,9H2,1H3. The van der Waals surface area contributed by atoms with Gasteiger partial charge in [0.15, 0.2) is 0 Å². The second kappa shape index (κ2) is 5.15. The number of nitrogens with zero attached hydrogens (tertiary/aromatic N) is 3. The number of hydrogen-bond donors (Lipinski definition) is 1. The maximum Gasteiger partial charge on any atom is 0.146 e. The molecule has 2 rings (SSSR count). The van der Waals surface area contributed by atoms with E-state index in [9.17, 15) is 5.26 Å². The highest BCUT2D eigenvalue weighted by Gasteiger charge is 2.21. The van der Waals surface area contributed by atoms with Crippen LogP contribution in [0, 0.1) is 24.2 Å². The van der Waals surface area contributed by atoms with Crippen LogP contribution < -0.4 is 4.90 Å². The van der Waals surface area contributed by atoms with Crippen LogP contribution in [-0.2, 0) is 0 Å². The molecule has 1 fully saturated rings. The fraction of sp³-hybridized carbons (Fsp3) is 0.538. The van der Waals surface area contributed by atoms with E-state index in [1.807, 2.05) is 13.0 Å². The van der Waals surface area contributed by atoms with Crippen molar-refractivity contribution < 1.29 is 5.11 Å². The van der Waals surface area contributed by atoms with Crippen LogP contribution in [0.2, 0.25) is 0 Å². The molecule has 4 nitrogen and oxygen atoms in total. The zero-order chi connectivity index (χ0) is 12.3. The number of rotatable bonds is 2. The van der Waals surface area contributed by atoms with E-state index in [1.54, 1.807) is 6.20 Å². The molecule has 0 radical (unpaired) electrons. The lowest BCUT2D eigenvalue weighted by atomic mass is 9.97. The molecule has 0 bridgehead atoms. The third-order valence-electron chi connectivity index (χ3n) is 3.42. The molecule has 1 aliphatic rings. The van der Waals surface area contributed by atoms with Crippen molar-refractivity contribution in [1.82, 2.24) is 4.98 Å². The molecule has 1 saturated heterocycles. The Kier molecular flexibility index (Phi) is 3.60. The number of piperidine rings is 1. The van der Waals surface area contributed by atoms with Gasteiger partial charge in [-0.3, -0.25) is 0 Å². The minimum Gasteiger partial charge on any atom is -0.396 e. The van der Waals surface area contributed by atoms with Crippen LogP contribution >= 0.6 is 0 Å². The van der Waals surface area contributed by atoms with Gasteiger partial charge < -0.3 is 10.0 Å². The van der Waals surface area contributed by atoms with Crippen LogP contribution in [0.1, 0.15) is 24.0 Å². The van der Waals surface area contributed by atoms with Crippen LogP contribution in [-0.4, -0.2) is 29.8 Å². The molecule has 0 saturated carbocycles. The average molecular weight is 231 g/mol. The van der Waals surface area contributed by atoms with E-state index in [-0.39, 0.29) is 6.61 Å². The van der Waals surface area contributed by atoms with E-state index in [0.29, 0.717) is 11.5 Å². The zero-order valence-corrected chi connectivity index (χ0v) is 10.1. The Balaban J connectivity index is 2.19. The van der Waals surface area contributed by atoms with Crippen molar-refractivity contribution in [3.8, 4) is 6.07 Å². The maximum atomic E-state index is 9.17. The van der Waals surface area contributed by atoms with Crippen molar-refractivity contribution in [3.05, 3.63) is 23.4 Å². The van der Waals surface area contributed by atoms with Gasteiger partial charge in [-0.15, -0.1) is 0 Å². The first-order valence-corrected chi connectivity index (χ1v) is 5.97. The summed E-state index contributed by atoms with van der Waals surface area (Å²) in [5.74, 6) is 1.20. The highest BCUT2D eigenvalue weighted by molar-refractivity contribution is 5.57.